The predicted octanol–water partition coefficient (Wildman–Crippen LogP) is 0.514. The van der Waals surface area contributed by atoms with Gasteiger partial charge in [0.15, 0.2) is 0 Å². The summed E-state index contributed by atoms with van der Waals surface area (Å²) in [6, 6.07) is 10.6. The van der Waals surface area contributed by atoms with Crippen LogP contribution in [0.5, 0.6) is 0 Å². The van der Waals surface area contributed by atoms with Crippen LogP contribution >= 0.6 is 0 Å². The van der Waals surface area contributed by atoms with E-state index in [0.717, 1.165) is 39.3 Å². The first-order valence-corrected chi connectivity index (χ1v) is 7.14. The third-order valence-corrected chi connectivity index (χ3v) is 3.68. The summed E-state index contributed by atoms with van der Waals surface area (Å²) in [5.41, 5.74) is 6.83. The minimum absolute atomic E-state index is 0.273. The van der Waals surface area contributed by atoms with Gasteiger partial charge in [-0.05, 0) is 18.5 Å². The second-order valence-electron chi connectivity index (χ2n) is 5.29. The third-order valence-electron chi connectivity index (χ3n) is 3.68. The molecule has 1 aliphatic heterocycles. The molecule has 1 saturated heterocycles. The van der Waals surface area contributed by atoms with Crippen LogP contribution in [0, 0.1) is 0 Å². The highest BCUT2D eigenvalue weighted by Gasteiger charge is 2.18. The Hall–Kier alpha value is -0.940. The molecule has 1 unspecified atom stereocenters. The van der Waals surface area contributed by atoms with Crippen LogP contribution in [0.2, 0.25) is 0 Å². The van der Waals surface area contributed by atoms with Crippen LogP contribution in [0.3, 0.4) is 0 Å². The monoisotopic (exact) mass is 263 g/mol. The molecule has 3 N–H and O–H groups in total. The van der Waals surface area contributed by atoms with E-state index in [1.165, 1.54) is 5.56 Å². The lowest BCUT2D eigenvalue weighted by molar-refractivity contribution is 0.0675. The lowest BCUT2D eigenvalue weighted by Crippen LogP contribution is -2.48. The minimum atomic E-state index is -0.273. The van der Waals surface area contributed by atoms with Crippen molar-refractivity contribution in [3.8, 4) is 0 Å². The molecule has 1 aliphatic rings. The highest BCUT2D eigenvalue weighted by atomic mass is 16.3. The van der Waals surface area contributed by atoms with E-state index in [0.29, 0.717) is 13.0 Å². The normalized spacial score (nSPS) is 19.5. The van der Waals surface area contributed by atoms with Crippen molar-refractivity contribution in [2.24, 2.45) is 5.73 Å². The van der Waals surface area contributed by atoms with Gasteiger partial charge in [0.1, 0.15) is 0 Å². The molecule has 2 rings (SSSR count). The molecule has 1 heterocycles. The average molecular weight is 263 g/mol. The van der Waals surface area contributed by atoms with Crippen molar-refractivity contribution < 1.29 is 5.11 Å². The highest BCUT2D eigenvalue weighted by Crippen LogP contribution is 2.09. The summed E-state index contributed by atoms with van der Waals surface area (Å²) < 4.78 is 0. The number of nitrogens with two attached hydrogens (primary N) is 1. The number of β-amino-alcohol motifs (C(OH)–C–C–N with tert-alkyl or cyclic N) is 1. The lowest BCUT2D eigenvalue weighted by atomic mass is 10.2. The molecule has 0 bridgehead atoms. The van der Waals surface area contributed by atoms with Crippen molar-refractivity contribution in [3.63, 3.8) is 0 Å². The number of nitrogens with zero attached hydrogens (tertiary/aromatic N) is 2. The fourth-order valence-corrected chi connectivity index (χ4v) is 2.55. The van der Waals surface area contributed by atoms with Gasteiger partial charge in [-0.2, -0.15) is 0 Å². The van der Waals surface area contributed by atoms with Crippen molar-refractivity contribution in [3.05, 3.63) is 35.9 Å². The maximum Gasteiger partial charge on any atom is 0.0679 e. The van der Waals surface area contributed by atoms with Gasteiger partial charge < -0.3 is 10.8 Å². The van der Waals surface area contributed by atoms with Gasteiger partial charge in [0, 0.05) is 39.3 Å². The van der Waals surface area contributed by atoms with E-state index in [2.05, 4.69) is 40.1 Å². The van der Waals surface area contributed by atoms with Gasteiger partial charge in [0.05, 0.1) is 6.10 Å². The van der Waals surface area contributed by atoms with Crippen LogP contribution in [-0.4, -0.2) is 60.3 Å². The molecule has 0 radical (unpaired) electrons. The van der Waals surface area contributed by atoms with Crippen LogP contribution in [0.4, 0.5) is 0 Å². The van der Waals surface area contributed by atoms with E-state index in [9.17, 15) is 5.11 Å². The molecule has 4 nitrogen and oxygen atoms in total. The maximum absolute atomic E-state index is 9.77. The molecule has 1 fully saturated rings. The van der Waals surface area contributed by atoms with Gasteiger partial charge in [-0.1, -0.05) is 30.3 Å². The number of piperazine rings is 1. The Bertz CT molecular complexity index is 350. The SMILES string of the molecule is NCCC(O)CN1CCN(Cc2ccccc2)CC1. The quantitative estimate of drug-likeness (QED) is 0.785. The smallest absolute Gasteiger partial charge is 0.0679 e. The molecule has 0 aliphatic carbocycles. The number of aliphatic hydroxyl groups is 1. The van der Waals surface area contributed by atoms with Crippen LogP contribution in [0.25, 0.3) is 0 Å². The van der Waals surface area contributed by atoms with Crippen molar-refractivity contribution in [1.29, 1.82) is 0 Å². The summed E-state index contributed by atoms with van der Waals surface area (Å²) in [5.74, 6) is 0. The Morgan fingerprint density at radius 2 is 1.68 bits per heavy atom. The Morgan fingerprint density at radius 1 is 1.05 bits per heavy atom. The molecule has 1 aromatic rings. The van der Waals surface area contributed by atoms with E-state index in [1.54, 1.807) is 0 Å². The number of hydrogen-bond donors (Lipinski definition) is 2. The number of benzene rings is 1. The molecule has 4 heteroatoms. The third kappa shape index (κ3) is 4.91. The first kappa shape index (κ1) is 14.5. The second kappa shape index (κ2) is 7.60. The van der Waals surface area contributed by atoms with Crippen molar-refractivity contribution in [1.82, 2.24) is 9.80 Å². The average Bonchev–Trinajstić information content (AvgIpc) is 2.42. The largest absolute Gasteiger partial charge is 0.392 e. The van der Waals surface area contributed by atoms with E-state index < -0.39 is 0 Å². The maximum atomic E-state index is 9.77. The Kier molecular flexibility index (Phi) is 5.79. The molecule has 0 amide bonds. The predicted molar refractivity (Wildman–Crippen MR) is 77.8 cm³/mol. The molecule has 0 saturated carbocycles. The number of rotatable bonds is 6. The standard InChI is InChI=1S/C15H25N3O/c16-7-6-15(19)13-18-10-8-17(9-11-18)12-14-4-2-1-3-5-14/h1-5,15,19H,6-13,16H2. The molecule has 1 atom stereocenters. The molecule has 0 spiro atoms. The topological polar surface area (TPSA) is 52.7 Å². The van der Waals surface area contributed by atoms with Crippen molar-refractivity contribution in [2.75, 3.05) is 39.3 Å². The van der Waals surface area contributed by atoms with Crippen LogP contribution in [0.1, 0.15) is 12.0 Å². The fraction of sp³-hybridized carbons (Fsp3) is 0.600. The van der Waals surface area contributed by atoms with Gasteiger partial charge in [0.2, 0.25) is 0 Å². The Balaban J connectivity index is 1.70. The molecule has 1 aromatic carbocycles. The summed E-state index contributed by atoms with van der Waals surface area (Å²) in [6.07, 6.45) is 0.426. The van der Waals surface area contributed by atoms with E-state index in [1.807, 2.05) is 0 Å². The second-order valence-corrected chi connectivity index (χ2v) is 5.29. The summed E-state index contributed by atoms with van der Waals surface area (Å²) in [5, 5.41) is 9.77. The zero-order valence-corrected chi connectivity index (χ0v) is 11.5. The van der Waals surface area contributed by atoms with Gasteiger partial charge in [-0.3, -0.25) is 9.80 Å². The van der Waals surface area contributed by atoms with Gasteiger partial charge in [-0.15, -0.1) is 0 Å². The molecule has 19 heavy (non-hydrogen) atoms. The van der Waals surface area contributed by atoms with E-state index in [4.69, 9.17) is 5.73 Å². The fourth-order valence-electron chi connectivity index (χ4n) is 2.55. The van der Waals surface area contributed by atoms with Gasteiger partial charge in [0.25, 0.3) is 0 Å². The summed E-state index contributed by atoms with van der Waals surface area (Å²) in [4.78, 5) is 4.81. The lowest BCUT2D eigenvalue weighted by Gasteiger charge is -2.35. The first-order chi connectivity index (χ1) is 9.28. The molecule has 0 aromatic heterocycles. The van der Waals surface area contributed by atoms with Crippen LogP contribution in [-0.2, 0) is 6.54 Å². The highest BCUT2D eigenvalue weighted by molar-refractivity contribution is 5.14. The number of aliphatic hydroxyl groups excluding tert-OH is 1. The van der Waals surface area contributed by atoms with Gasteiger partial charge in [-0.25, -0.2) is 0 Å². The summed E-state index contributed by atoms with van der Waals surface area (Å²) in [6.45, 7) is 6.57. The Morgan fingerprint density at radius 3 is 2.32 bits per heavy atom. The van der Waals surface area contributed by atoms with E-state index >= 15 is 0 Å². The molecule has 106 valence electrons. The summed E-state index contributed by atoms with van der Waals surface area (Å²) >= 11 is 0. The minimum Gasteiger partial charge on any atom is -0.392 e. The first-order valence-electron chi connectivity index (χ1n) is 7.14. The van der Waals surface area contributed by atoms with Crippen LogP contribution < -0.4 is 5.73 Å². The Labute approximate surface area is 115 Å². The van der Waals surface area contributed by atoms with Crippen molar-refractivity contribution >= 4 is 0 Å². The van der Waals surface area contributed by atoms with Gasteiger partial charge >= 0.3 is 0 Å². The zero-order chi connectivity index (χ0) is 13.5. The van der Waals surface area contributed by atoms with Crippen molar-refractivity contribution in [2.45, 2.75) is 19.1 Å². The number of hydrogen-bond acceptors (Lipinski definition) is 4. The van der Waals surface area contributed by atoms with Crippen LogP contribution in [0.15, 0.2) is 30.3 Å². The molecular weight excluding hydrogens is 238 g/mol. The van der Waals surface area contributed by atoms with E-state index in [-0.39, 0.29) is 6.10 Å². The molecular formula is C15H25N3O. The summed E-state index contributed by atoms with van der Waals surface area (Å²) in [7, 11) is 0. The zero-order valence-electron chi connectivity index (χ0n) is 11.5.